The highest BCUT2D eigenvalue weighted by Crippen LogP contribution is 2.57. The number of thiophene rings is 1. The number of piperidine rings is 1. The monoisotopic (exact) mass is 633 g/mol. The molecule has 0 radical (unpaired) electrons. The van der Waals surface area contributed by atoms with Gasteiger partial charge in [0.2, 0.25) is 0 Å². The zero-order chi connectivity index (χ0) is 29.9. The lowest BCUT2D eigenvalue weighted by atomic mass is 9.97. The number of phenols is 1. The number of aromatic hydroxyl groups is 1. The van der Waals surface area contributed by atoms with Gasteiger partial charge < -0.3 is 24.2 Å². The summed E-state index contributed by atoms with van der Waals surface area (Å²) in [7, 11) is -10.4. The fourth-order valence-electron chi connectivity index (χ4n) is 4.79. The number of fused-ring (bicyclic) bond motifs is 1. The average molecular weight is 634 g/mol. The first-order valence-corrected chi connectivity index (χ1v) is 17.0. The van der Waals surface area contributed by atoms with Gasteiger partial charge in [0.05, 0.1) is 0 Å². The molecule has 11 nitrogen and oxygen atoms in total. The van der Waals surface area contributed by atoms with Gasteiger partial charge in [-0.05, 0) is 98.2 Å². The summed E-state index contributed by atoms with van der Waals surface area (Å²) in [6, 6.07) is 17.4. The number of ether oxygens (including phenoxy) is 1. The predicted molar refractivity (Wildman–Crippen MR) is 158 cm³/mol. The van der Waals surface area contributed by atoms with E-state index in [0.29, 0.717) is 44.0 Å². The number of carbonyl (C=O) groups excluding carboxylic acids is 1. The van der Waals surface area contributed by atoms with Crippen LogP contribution in [0.2, 0.25) is 0 Å². The lowest BCUT2D eigenvalue weighted by Crippen LogP contribution is -2.33. The van der Waals surface area contributed by atoms with Crippen molar-refractivity contribution in [1.29, 1.82) is 0 Å². The highest BCUT2D eigenvalue weighted by atomic mass is 32.1. The fourth-order valence-corrected chi connectivity index (χ4v) is 7.62. The van der Waals surface area contributed by atoms with E-state index in [1.165, 1.54) is 60.9 Å². The average Bonchev–Trinajstić information content (AvgIpc) is 3.31. The summed E-state index contributed by atoms with van der Waals surface area (Å²) in [5, 5.41) is 10.7. The molecule has 4 N–H and O–H groups in total. The van der Waals surface area contributed by atoms with Crippen LogP contribution in [0.3, 0.4) is 0 Å². The molecule has 0 bridgehead atoms. The number of likely N-dealkylation sites (tertiary alicyclic amines) is 1. The molecule has 5 rings (SSSR count). The Morgan fingerprint density at radius 2 is 1.55 bits per heavy atom. The van der Waals surface area contributed by atoms with Crippen LogP contribution in [0, 0.1) is 0 Å². The van der Waals surface area contributed by atoms with E-state index in [1.54, 1.807) is 36.4 Å². The van der Waals surface area contributed by atoms with Crippen molar-refractivity contribution < 1.29 is 47.3 Å². The van der Waals surface area contributed by atoms with Crippen LogP contribution in [0.1, 0.15) is 35.2 Å². The van der Waals surface area contributed by atoms with E-state index in [9.17, 15) is 23.9 Å². The molecule has 4 aromatic rings. The Bertz CT molecular complexity index is 1660. The zero-order valence-electron chi connectivity index (χ0n) is 22.3. The molecule has 42 heavy (non-hydrogen) atoms. The Hall–Kier alpha value is -3.05. The maximum Gasteiger partial charge on any atom is 0.536 e. The third kappa shape index (κ3) is 7.66. The van der Waals surface area contributed by atoms with Gasteiger partial charge in [-0.15, -0.1) is 11.3 Å². The van der Waals surface area contributed by atoms with Gasteiger partial charge in [-0.1, -0.05) is 6.42 Å². The van der Waals surface area contributed by atoms with Gasteiger partial charge in [-0.2, -0.15) is 4.31 Å². The summed E-state index contributed by atoms with van der Waals surface area (Å²) >= 11 is 1.29. The third-order valence-corrected chi connectivity index (χ3v) is 10.0. The summed E-state index contributed by atoms with van der Waals surface area (Å²) in [5.74, 6) is 0.300. The number of hydrogen-bond acceptors (Lipinski definition) is 9. The number of rotatable bonds is 11. The lowest BCUT2D eigenvalue weighted by Gasteiger charge is -2.26. The number of phenolic OH excluding ortho intramolecular Hbond substituents is 1. The van der Waals surface area contributed by atoms with Gasteiger partial charge in [-0.25, -0.2) is 9.13 Å². The number of benzene rings is 3. The Labute approximate surface area is 245 Å². The van der Waals surface area contributed by atoms with Gasteiger partial charge >= 0.3 is 15.6 Å². The molecule has 0 spiro atoms. The SMILES string of the molecule is O=C(c1ccc(OCCN2CCCCC2)cc1)c1c(-c2ccc(OP(=O)(O)OP(=O)(O)O)cc2)sc2cc(O)ccc12. The molecule has 0 amide bonds. The first-order chi connectivity index (χ1) is 20.0. The first-order valence-electron chi connectivity index (χ1n) is 13.1. The van der Waals surface area contributed by atoms with E-state index in [0.717, 1.165) is 19.6 Å². The van der Waals surface area contributed by atoms with E-state index < -0.39 is 15.6 Å². The summed E-state index contributed by atoms with van der Waals surface area (Å²) in [4.78, 5) is 44.1. The van der Waals surface area contributed by atoms with Crippen LogP contribution in [-0.2, 0) is 13.4 Å². The van der Waals surface area contributed by atoms with Crippen molar-refractivity contribution in [3.05, 3.63) is 77.9 Å². The zero-order valence-corrected chi connectivity index (χ0v) is 24.9. The minimum Gasteiger partial charge on any atom is -0.508 e. The second-order valence-corrected chi connectivity index (χ2v) is 13.6. The van der Waals surface area contributed by atoms with Crippen molar-refractivity contribution in [2.45, 2.75) is 19.3 Å². The van der Waals surface area contributed by atoms with Gasteiger partial charge in [0.15, 0.2) is 5.78 Å². The molecule has 0 saturated carbocycles. The number of phosphoric acid groups is 2. The molecule has 3 aromatic carbocycles. The summed E-state index contributed by atoms with van der Waals surface area (Å²) in [5.41, 5.74) is 1.44. The molecule has 1 aromatic heterocycles. The summed E-state index contributed by atoms with van der Waals surface area (Å²) in [6.07, 6.45) is 3.71. The van der Waals surface area contributed by atoms with Crippen molar-refractivity contribution in [1.82, 2.24) is 4.90 Å². The molecule has 1 saturated heterocycles. The molecule has 1 unspecified atom stereocenters. The van der Waals surface area contributed by atoms with Crippen molar-refractivity contribution in [2.24, 2.45) is 0 Å². The topological polar surface area (TPSA) is 163 Å². The van der Waals surface area contributed by atoms with Crippen LogP contribution >= 0.6 is 27.0 Å². The van der Waals surface area contributed by atoms with Crippen LogP contribution in [0.4, 0.5) is 0 Å². The smallest absolute Gasteiger partial charge is 0.508 e. The Morgan fingerprint density at radius 1 is 0.881 bits per heavy atom. The minimum atomic E-state index is -5.27. The molecule has 1 atom stereocenters. The summed E-state index contributed by atoms with van der Waals surface area (Å²) < 4.78 is 38.0. The van der Waals surface area contributed by atoms with Crippen molar-refractivity contribution >= 4 is 42.9 Å². The summed E-state index contributed by atoms with van der Waals surface area (Å²) in [6.45, 7) is 3.60. The standard InChI is InChI=1S/C28H29NO10P2S/c30-21-8-13-24-25(18-21)42-28(20-6-11-23(12-7-20)38-41(35,36)39-40(32,33)34)26(24)27(31)19-4-9-22(10-5-19)37-17-16-29-14-2-1-3-15-29/h4-13,18,30H,1-3,14-17H2,(H,35,36)(H2,32,33,34). The van der Waals surface area contributed by atoms with E-state index in [2.05, 4.69) is 9.21 Å². The molecular formula is C28H29NO10P2S. The van der Waals surface area contributed by atoms with E-state index in [1.807, 2.05) is 0 Å². The Kier molecular flexibility index (Phi) is 9.17. The quantitative estimate of drug-likeness (QED) is 0.114. The lowest BCUT2D eigenvalue weighted by molar-refractivity contribution is 0.104. The number of carbonyl (C=O) groups is 1. The van der Waals surface area contributed by atoms with Gasteiger partial charge in [-0.3, -0.25) is 14.6 Å². The van der Waals surface area contributed by atoms with Crippen molar-refractivity contribution in [3.63, 3.8) is 0 Å². The maximum absolute atomic E-state index is 13.8. The molecule has 222 valence electrons. The van der Waals surface area contributed by atoms with Crippen LogP contribution < -0.4 is 9.26 Å². The maximum atomic E-state index is 13.8. The van der Waals surface area contributed by atoms with E-state index >= 15 is 0 Å². The predicted octanol–water partition coefficient (Wildman–Crippen LogP) is 5.96. The molecule has 1 aliphatic rings. The van der Waals surface area contributed by atoms with Crippen LogP contribution in [0.25, 0.3) is 20.5 Å². The first kappa shape index (κ1) is 30.4. The van der Waals surface area contributed by atoms with Crippen LogP contribution in [0.5, 0.6) is 17.2 Å². The Balaban J connectivity index is 1.37. The van der Waals surface area contributed by atoms with Crippen LogP contribution in [0.15, 0.2) is 66.7 Å². The second-order valence-electron chi connectivity index (χ2n) is 9.75. The number of ketones is 1. The molecule has 0 aliphatic carbocycles. The minimum absolute atomic E-state index is 0.0489. The molecule has 1 aliphatic heterocycles. The largest absolute Gasteiger partial charge is 0.536 e. The van der Waals surface area contributed by atoms with E-state index in [4.69, 9.17) is 19.0 Å². The molecular weight excluding hydrogens is 604 g/mol. The Morgan fingerprint density at radius 3 is 2.21 bits per heavy atom. The van der Waals surface area contributed by atoms with E-state index in [-0.39, 0.29) is 17.3 Å². The normalized spacial score (nSPS) is 15.8. The fraction of sp³-hybridized carbons (Fsp3) is 0.250. The second kappa shape index (κ2) is 12.7. The van der Waals surface area contributed by atoms with Crippen LogP contribution in [-0.4, -0.2) is 56.7 Å². The molecule has 14 heteroatoms. The molecule has 1 fully saturated rings. The van der Waals surface area contributed by atoms with Gasteiger partial charge in [0.25, 0.3) is 0 Å². The number of phosphoric ester groups is 1. The highest BCUT2D eigenvalue weighted by Gasteiger charge is 2.34. The van der Waals surface area contributed by atoms with Gasteiger partial charge in [0.1, 0.15) is 23.9 Å². The van der Waals surface area contributed by atoms with Gasteiger partial charge in [0, 0.05) is 32.6 Å². The van der Waals surface area contributed by atoms with Crippen molar-refractivity contribution in [2.75, 3.05) is 26.2 Å². The third-order valence-electron chi connectivity index (χ3n) is 6.69. The number of hydrogen-bond donors (Lipinski definition) is 4. The van der Waals surface area contributed by atoms with Crippen molar-refractivity contribution in [3.8, 4) is 27.7 Å². The molecule has 2 heterocycles. The highest BCUT2D eigenvalue weighted by molar-refractivity contribution is 7.60. The number of nitrogens with zero attached hydrogens (tertiary/aromatic N) is 1.